The number of nitrogens with one attached hydrogen (secondary N) is 1. The number of H-pyrrole nitrogens is 1. The van der Waals surface area contributed by atoms with E-state index in [-0.39, 0.29) is 12.4 Å². The Morgan fingerprint density at radius 2 is 2.11 bits per heavy atom. The molecule has 0 aliphatic heterocycles. The number of aromatic nitrogens is 1. The molecule has 100 valence electrons. The number of esters is 1. The maximum atomic E-state index is 11.6. The van der Waals surface area contributed by atoms with Gasteiger partial charge in [-0.2, -0.15) is 0 Å². The van der Waals surface area contributed by atoms with Crippen molar-refractivity contribution in [2.24, 2.45) is 0 Å². The van der Waals surface area contributed by atoms with Crippen LogP contribution in [-0.4, -0.2) is 17.6 Å². The lowest BCUT2D eigenvalue weighted by molar-refractivity contribution is -0.142. The van der Waals surface area contributed by atoms with Crippen molar-refractivity contribution in [1.82, 2.24) is 4.98 Å². The highest BCUT2D eigenvalue weighted by Crippen LogP contribution is 2.28. The van der Waals surface area contributed by atoms with Gasteiger partial charge >= 0.3 is 5.97 Å². The fraction of sp³-hybridized carbons (Fsp3) is 0.231. The number of ether oxygens (including phenoxy) is 1. The Kier molecular flexibility index (Phi) is 4.74. The molecule has 1 aromatic heterocycles. The Morgan fingerprint density at radius 3 is 2.74 bits per heavy atom. The molecule has 0 amide bonds. The minimum atomic E-state index is -0.247. The van der Waals surface area contributed by atoms with Gasteiger partial charge in [-0.05, 0) is 36.8 Å². The van der Waals surface area contributed by atoms with Gasteiger partial charge in [0.25, 0.3) is 0 Å². The van der Waals surface area contributed by atoms with Crippen LogP contribution in [-0.2, 0) is 16.0 Å². The standard InChI is InChI=1S/C13H12ClNO2S2/c1-2-17-11(16)7-10-12(15-13(18)19-10)8-3-5-9(14)6-4-8/h3-6H,2,7H2,1H3,(H,15,18). The fourth-order valence-electron chi connectivity index (χ4n) is 1.68. The summed E-state index contributed by atoms with van der Waals surface area (Å²) < 4.78 is 5.61. The first kappa shape index (κ1) is 14.2. The minimum Gasteiger partial charge on any atom is -0.466 e. The van der Waals surface area contributed by atoms with Crippen molar-refractivity contribution in [2.45, 2.75) is 13.3 Å². The van der Waals surface area contributed by atoms with Gasteiger partial charge in [0, 0.05) is 9.90 Å². The Morgan fingerprint density at radius 1 is 1.42 bits per heavy atom. The number of carbonyl (C=O) groups is 1. The summed E-state index contributed by atoms with van der Waals surface area (Å²) in [4.78, 5) is 15.6. The number of thiazole rings is 1. The molecule has 0 aliphatic carbocycles. The van der Waals surface area contributed by atoms with Gasteiger partial charge in [0.1, 0.15) is 0 Å². The van der Waals surface area contributed by atoms with E-state index in [1.165, 1.54) is 11.3 Å². The van der Waals surface area contributed by atoms with Gasteiger partial charge in [-0.15, -0.1) is 11.3 Å². The summed E-state index contributed by atoms with van der Waals surface area (Å²) in [5, 5.41) is 0.671. The lowest BCUT2D eigenvalue weighted by atomic mass is 10.1. The summed E-state index contributed by atoms with van der Waals surface area (Å²) in [7, 11) is 0. The second-order valence-corrected chi connectivity index (χ2v) is 6.01. The van der Waals surface area contributed by atoms with Crippen molar-refractivity contribution in [2.75, 3.05) is 6.61 Å². The van der Waals surface area contributed by atoms with E-state index in [0.717, 1.165) is 16.1 Å². The smallest absolute Gasteiger partial charge is 0.311 e. The molecule has 2 aromatic rings. The molecule has 0 bridgehead atoms. The molecule has 0 saturated carbocycles. The fourth-order valence-corrected chi connectivity index (χ4v) is 3.05. The molecular weight excluding hydrogens is 302 g/mol. The first-order chi connectivity index (χ1) is 9.10. The molecule has 0 saturated heterocycles. The first-order valence-electron chi connectivity index (χ1n) is 5.73. The van der Waals surface area contributed by atoms with Crippen LogP contribution in [0.15, 0.2) is 24.3 Å². The average molecular weight is 314 g/mol. The highest BCUT2D eigenvalue weighted by atomic mass is 35.5. The van der Waals surface area contributed by atoms with E-state index in [1.807, 2.05) is 12.1 Å². The number of halogens is 1. The van der Waals surface area contributed by atoms with Crippen molar-refractivity contribution in [3.05, 3.63) is 38.1 Å². The molecule has 0 fully saturated rings. The van der Waals surface area contributed by atoms with Crippen molar-refractivity contribution in [3.63, 3.8) is 0 Å². The molecule has 1 aromatic carbocycles. The molecule has 0 unspecified atom stereocenters. The summed E-state index contributed by atoms with van der Waals surface area (Å²) in [5.74, 6) is -0.247. The molecule has 1 N–H and O–H groups in total. The number of aromatic amines is 1. The number of benzene rings is 1. The first-order valence-corrected chi connectivity index (χ1v) is 7.34. The maximum Gasteiger partial charge on any atom is 0.311 e. The van der Waals surface area contributed by atoms with Crippen molar-refractivity contribution in [1.29, 1.82) is 0 Å². The number of carbonyl (C=O) groups excluding carboxylic acids is 1. The normalized spacial score (nSPS) is 10.4. The number of hydrogen-bond acceptors (Lipinski definition) is 4. The SMILES string of the molecule is CCOC(=O)Cc1sc(=S)[nH]c1-c1ccc(Cl)cc1. The molecule has 0 radical (unpaired) electrons. The van der Waals surface area contributed by atoms with Gasteiger partial charge in [-0.3, -0.25) is 4.79 Å². The molecule has 0 aliphatic rings. The number of hydrogen-bond donors (Lipinski definition) is 1. The Bertz CT molecular complexity index is 631. The van der Waals surface area contributed by atoms with Crippen molar-refractivity contribution in [3.8, 4) is 11.3 Å². The Hall–Kier alpha value is -1.17. The predicted octanol–water partition coefficient (Wildman–Crippen LogP) is 4.23. The second-order valence-electron chi connectivity index (χ2n) is 3.80. The quantitative estimate of drug-likeness (QED) is 0.678. The van der Waals surface area contributed by atoms with E-state index in [2.05, 4.69) is 4.98 Å². The van der Waals surface area contributed by atoms with Crippen LogP contribution in [0.5, 0.6) is 0 Å². The average Bonchev–Trinajstić information content (AvgIpc) is 2.71. The van der Waals surface area contributed by atoms with E-state index in [0.29, 0.717) is 15.6 Å². The Labute approximate surface area is 125 Å². The van der Waals surface area contributed by atoms with Crippen LogP contribution in [0.2, 0.25) is 5.02 Å². The van der Waals surface area contributed by atoms with Crippen LogP contribution < -0.4 is 0 Å². The van der Waals surface area contributed by atoms with Gasteiger partial charge in [-0.1, -0.05) is 23.7 Å². The van der Waals surface area contributed by atoms with E-state index in [4.69, 9.17) is 28.6 Å². The highest BCUT2D eigenvalue weighted by Gasteiger charge is 2.13. The molecule has 0 atom stereocenters. The third-order valence-corrected chi connectivity index (χ3v) is 3.95. The summed E-state index contributed by atoms with van der Waals surface area (Å²) in [6.45, 7) is 2.17. The third-order valence-electron chi connectivity index (χ3n) is 2.46. The molecule has 1 heterocycles. The largest absolute Gasteiger partial charge is 0.466 e. The van der Waals surface area contributed by atoms with Crippen LogP contribution in [0.3, 0.4) is 0 Å². The van der Waals surface area contributed by atoms with Crippen LogP contribution in [0.25, 0.3) is 11.3 Å². The summed E-state index contributed by atoms with van der Waals surface area (Å²) >= 11 is 12.4. The molecular formula is C13H12ClNO2S2. The molecule has 2 rings (SSSR count). The topological polar surface area (TPSA) is 42.1 Å². The predicted molar refractivity (Wildman–Crippen MR) is 80.3 cm³/mol. The van der Waals surface area contributed by atoms with Crippen molar-refractivity contribution >= 4 is 41.1 Å². The molecule has 0 spiro atoms. The summed E-state index contributed by atoms with van der Waals surface area (Å²) in [6.07, 6.45) is 0.226. The molecule has 3 nitrogen and oxygen atoms in total. The minimum absolute atomic E-state index is 0.226. The van der Waals surface area contributed by atoms with Crippen LogP contribution in [0.4, 0.5) is 0 Å². The summed E-state index contributed by atoms with van der Waals surface area (Å²) in [6, 6.07) is 7.40. The number of rotatable bonds is 4. The van der Waals surface area contributed by atoms with Crippen LogP contribution >= 0.6 is 35.2 Å². The third kappa shape index (κ3) is 3.65. The van der Waals surface area contributed by atoms with Gasteiger partial charge in [0.2, 0.25) is 0 Å². The highest BCUT2D eigenvalue weighted by molar-refractivity contribution is 7.73. The zero-order chi connectivity index (χ0) is 13.8. The van der Waals surface area contributed by atoms with E-state index < -0.39 is 0 Å². The van der Waals surface area contributed by atoms with Crippen molar-refractivity contribution < 1.29 is 9.53 Å². The van der Waals surface area contributed by atoms with Crippen LogP contribution in [0, 0.1) is 3.95 Å². The lowest BCUT2D eigenvalue weighted by Gasteiger charge is -2.04. The van der Waals surface area contributed by atoms with Gasteiger partial charge in [-0.25, -0.2) is 0 Å². The van der Waals surface area contributed by atoms with Crippen LogP contribution in [0.1, 0.15) is 11.8 Å². The molecule has 6 heteroatoms. The molecule has 19 heavy (non-hydrogen) atoms. The second kappa shape index (κ2) is 6.32. The summed E-state index contributed by atoms with van der Waals surface area (Å²) in [5.41, 5.74) is 1.82. The van der Waals surface area contributed by atoms with E-state index >= 15 is 0 Å². The zero-order valence-corrected chi connectivity index (χ0v) is 12.6. The lowest BCUT2D eigenvalue weighted by Crippen LogP contribution is -2.07. The van der Waals surface area contributed by atoms with Gasteiger partial charge in [0.05, 0.1) is 18.7 Å². The monoisotopic (exact) mass is 313 g/mol. The van der Waals surface area contributed by atoms with Gasteiger partial charge in [0.15, 0.2) is 3.95 Å². The van der Waals surface area contributed by atoms with Gasteiger partial charge < -0.3 is 9.72 Å². The Balaban J connectivity index is 2.33. The van der Waals surface area contributed by atoms with E-state index in [1.54, 1.807) is 19.1 Å². The van der Waals surface area contributed by atoms with E-state index in [9.17, 15) is 4.79 Å². The maximum absolute atomic E-state index is 11.6. The zero-order valence-electron chi connectivity index (χ0n) is 10.2.